The molecule has 0 fully saturated rings. The van der Waals surface area contributed by atoms with E-state index in [9.17, 15) is 9.59 Å². The first-order chi connectivity index (χ1) is 11.7. The number of hydrogen-bond acceptors (Lipinski definition) is 5. The molecule has 6 heteroatoms. The summed E-state index contributed by atoms with van der Waals surface area (Å²) in [5.74, 6) is -0.179. The van der Waals surface area contributed by atoms with Gasteiger partial charge in [0.15, 0.2) is 10.1 Å². The van der Waals surface area contributed by atoms with E-state index in [1.54, 1.807) is 35.2 Å². The molecular formula is C18H16N2O2S2. The number of rotatable bonds is 6. The average molecular weight is 356 g/mol. The van der Waals surface area contributed by atoms with Crippen LogP contribution in [0.1, 0.15) is 23.2 Å². The van der Waals surface area contributed by atoms with Gasteiger partial charge in [-0.2, -0.15) is 0 Å². The minimum atomic E-state index is -0.159. The Kier molecular flexibility index (Phi) is 5.27. The third kappa shape index (κ3) is 4.01. The molecular weight excluding hydrogens is 340 g/mol. The summed E-state index contributed by atoms with van der Waals surface area (Å²) in [6.07, 6.45) is 2.37. The second-order valence-electron chi connectivity index (χ2n) is 5.20. The number of aromatic nitrogens is 1. The average Bonchev–Trinajstić information content (AvgIpc) is 3.03. The van der Waals surface area contributed by atoms with Gasteiger partial charge in [-0.05, 0) is 24.5 Å². The molecule has 1 amide bonds. The van der Waals surface area contributed by atoms with Gasteiger partial charge in [-0.25, -0.2) is 4.98 Å². The summed E-state index contributed by atoms with van der Waals surface area (Å²) in [5.41, 5.74) is 2.30. The largest absolute Gasteiger partial charge is 0.326 e. The summed E-state index contributed by atoms with van der Waals surface area (Å²) in [6, 6.07) is 14.7. The molecule has 0 aliphatic rings. The molecule has 0 radical (unpaired) electrons. The van der Waals surface area contributed by atoms with Crippen molar-refractivity contribution in [1.82, 2.24) is 4.98 Å². The third-order valence-corrected chi connectivity index (χ3v) is 5.51. The van der Waals surface area contributed by atoms with Crippen LogP contribution in [0.3, 0.4) is 0 Å². The van der Waals surface area contributed by atoms with Crippen LogP contribution in [-0.4, -0.2) is 22.9 Å². The van der Waals surface area contributed by atoms with Crippen molar-refractivity contribution in [2.24, 2.45) is 0 Å². The van der Waals surface area contributed by atoms with Gasteiger partial charge in [0.05, 0.1) is 10.2 Å². The predicted molar refractivity (Wildman–Crippen MR) is 100 cm³/mol. The smallest absolute Gasteiger partial charge is 0.224 e. The Hall–Kier alpha value is -2.18. The molecule has 0 saturated carbocycles. The van der Waals surface area contributed by atoms with Gasteiger partial charge in [-0.3, -0.25) is 9.59 Å². The fourth-order valence-electron chi connectivity index (χ4n) is 2.29. The van der Waals surface area contributed by atoms with E-state index in [1.165, 1.54) is 0 Å². The molecule has 0 spiro atoms. The number of Topliss-reactive ketones (excluding diaryl/α,β-unsaturated/α-hetero) is 1. The normalized spacial score (nSPS) is 10.7. The SMILES string of the molecule is CSc1nc2ccc(NC(=O)CCC(=O)c3ccccc3)cc2s1. The first kappa shape index (κ1) is 16.7. The number of nitrogens with one attached hydrogen (secondary N) is 1. The predicted octanol–water partition coefficient (Wildman–Crippen LogP) is 4.62. The number of ketones is 1. The van der Waals surface area contributed by atoms with Crippen molar-refractivity contribution < 1.29 is 9.59 Å². The van der Waals surface area contributed by atoms with Crippen LogP contribution in [0.2, 0.25) is 0 Å². The van der Waals surface area contributed by atoms with Gasteiger partial charge in [-0.15, -0.1) is 11.3 Å². The lowest BCUT2D eigenvalue weighted by molar-refractivity contribution is -0.116. The van der Waals surface area contributed by atoms with Crippen molar-refractivity contribution in [1.29, 1.82) is 0 Å². The monoisotopic (exact) mass is 356 g/mol. The van der Waals surface area contributed by atoms with E-state index in [0.29, 0.717) is 5.56 Å². The van der Waals surface area contributed by atoms with Crippen molar-refractivity contribution in [3.63, 3.8) is 0 Å². The molecule has 1 heterocycles. The van der Waals surface area contributed by atoms with E-state index >= 15 is 0 Å². The number of amides is 1. The number of hydrogen-bond donors (Lipinski definition) is 1. The molecule has 0 unspecified atom stereocenters. The first-order valence-electron chi connectivity index (χ1n) is 7.48. The highest BCUT2D eigenvalue weighted by Gasteiger charge is 2.10. The molecule has 3 rings (SSSR count). The summed E-state index contributed by atoms with van der Waals surface area (Å²) >= 11 is 3.21. The highest BCUT2D eigenvalue weighted by molar-refractivity contribution is 8.00. The number of nitrogens with zero attached hydrogens (tertiary/aromatic N) is 1. The van der Waals surface area contributed by atoms with Crippen molar-refractivity contribution in [3.8, 4) is 0 Å². The molecule has 0 bridgehead atoms. The zero-order valence-electron chi connectivity index (χ0n) is 13.1. The van der Waals surface area contributed by atoms with Gasteiger partial charge in [-0.1, -0.05) is 42.1 Å². The summed E-state index contributed by atoms with van der Waals surface area (Å²) in [7, 11) is 0. The van der Waals surface area contributed by atoms with Crippen molar-refractivity contribution in [3.05, 3.63) is 54.1 Å². The quantitative estimate of drug-likeness (QED) is 0.517. The third-order valence-electron chi connectivity index (χ3n) is 3.50. The van der Waals surface area contributed by atoms with Gasteiger partial charge in [0.25, 0.3) is 0 Å². The van der Waals surface area contributed by atoms with E-state index in [0.717, 1.165) is 20.2 Å². The maximum absolute atomic E-state index is 12.1. The standard InChI is InChI=1S/C18H16N2O2S2/c1-23-18-20-14-8-7-13(11-16(14)24-18)19-17(22)10-9-15(21)12-5-3-2-4-6-12/h2-8,11H,9-10H2,1H3,(H,19,22). The van der Waals surface area contributed by atoms with Crippen LogP contribution in [0.15, 0.2) is 52.9 Å². The molecule has 122 valence electrons. The summed E-state index contributed by atoms with van der Waals surface area (Å²) in [5, 5.41) is 2.85. The van der Waals surface area contributed by atoms with Crippen LogP contribution < -0.4 is 5.32 Å². The number of thiazole rings is 1. The molecule has 1 N–H and O–H groups in total. The summed E-state index contributed by atoms with van der Waals surface area (Å²) in [4.78, 5) is 28.6. The van der Waals surface area contributed by atoms with Crippen LogP contribution in [0, 0.1) is 0 Å². The molecule has 2 aromatic carbocycles. The van der Waals surface area contributed by atoms with Crippen LogP contribution in [-0.2, 0) is 4.79 Å². The van der Waals surface area contributed by atoms with Gasteiger partial charge in [0.2, 0.25) is 5.91 Å². The Labute approximate surface area is 148 Å². The van der Waals surface area contributed by atoms with Gasteiger partial charge >= 0.3 is 0 Å². The van der Waals surface area contributed by atoms with Crippen molar-refractivity contribution >= 4 is 50.7 Å². The molecule has 0 aliphatic carbocycles. The minimum absolute atomic E-state index is 0.0201. The van der Waals surface area contributed by atoms with E-state index in [2.05, 4.69) is 10.3 Å². The van der Waals surface area contributed by atoms with E-state index in [4.69, 9.17) is 0 Å². The van der Waals surface area contributed by atoms with Crippen LogP contribution in [0.5, 0.6) is 0 Å². The minimum Gasteiger partial charge on any atom is -0.326 e. The highest BCUT2D eigenvalue weighted by atomic mass is 32.2. The van der Waals surface area contributed by atoms with Crippen LogP contribution >= 0.6 is 23.1 Å². The lowest BCUT2D eigenvalue weighted by Crippen LogP contribution is -2.13. The lowest BCUT2D eigenvalue weighted by Gasteiger charge is -2.05. The molecule has 24 heavy (non-hydrogen) atoms. The molecule has 3 aromatic rings. The number of benzene rings is 2. The second-order valence-corrected chi connectivity index (χ2v) is 7.29. The Morgan fingerprint density at radius 2 is 1.92 bits per heavy atom. The molecule has 4 nitrogen and oxygen atoms in total. The lowest BCUT2D eigenvalue weighted by atomic mass is 10.1. The van der Waals surface area contributed by atoms with Gasteiger partial charge < -0.3 is 5.32 Å². The van der Waals surface area contributed by atoms with E-state index in [-0.39, 0.29) is 24.5 Å². The maximum atomic E-state index is 12.1. The zero-order chi connectivity index (χ0) is 16.9. The Morgan fingerprint density at radius 3 is 2.67 bits per heavy atom. The van der Waals surface area contributed by atoms with Gasteiger partial charge in [0.1, 0.15) is 0 Å². The number of fused-ring (bicyclic) bond motifs is 1. The Bertz CT molecular complexity index is 875. The Morgan fingerprint density at radius 1 is 1.12 bits per heavy atom. The van der Waals surface area contributed by atoms with E-state index < -0.39 is 0 Å². The molecule has 0 atom stereocenters. The molecule has 0 saturated heterocycles. The summed E-state index contributed by atoms with van der Waals surface area (Å²) in [6.45, 7) is 0. The fourth-order valence-corrected chi connectivity index (χ4v) is 3.82. The first-order valence-corrected chi connectivity index (χ1v) is 9.52. The second kappa shape index (κ2) is 7.59. The molecule has 0 aliphatic heterocycles. The number of thioether (sulfide) groups is 1. The van der Waals surface area contributed by atoms with Crippen LogP contribution in [0.4, 0.5) is 5.69 Å². The van der Waals surface area contributed by atoms with Gasteiger partial charge in [0, 0.05) is 24.1 Å². The van der Waals surface area contributed by atoms with E-state index in [1.807, 2.05) is 42.7 Å². The van der Waals surface area contributed by atoms with Crippen molar-refractivity contribution in [2.75, 3.05) is 11.6 Å². The Balaban J connectivity index is 1.59. The summed E-state index contributed by atoms with van der Waals surface area (Å²) < 4.78 is 2.04. The maximum Gasteiger partial charge on any atom is 0.224 e. The highest BCUT2D eigenvalue weighted by Crippen LogP contribution is 2.30. The topological polar surface area (TPSA) is 59.1 Å². The van der Waals surface area contributed by atoms with Crippen LogP contribution in [0.25, 0.3) is 10.2 Å². The fraction of sp³-hybridized carbons (Fsp3) is 0.167. The number of carbonyl (C=O) groups is 2. The number of carbonyl (C=O) groups excluding carboxylic acids is 2. The zero-order valence-corrected chi connectivity index (χ0v) is 14.7. The van der Waals surface area contributed by atoms with Crippen molar-refractivity contribution in [2.45, 2.75) is 17.2 Å². The molecule has 1 aromatic heterocycles. The number of anilines is 1.